The number of hydrogen-bond acceptors (Lipinski definition) is 4. The van der Waals surface area contributed by atoms with Gasteiger partial charge < -0.3 is 5.73 Å². The molecule has 1 atom stereocenters. The van der Waals surface area contributed by atoms with E-state index >= 15 is 0 Å². The Morgan fingerprint density at radius 2 is 1.96 bits per heavy atom. The van der Waals surface area contributed by atoms with Gasteiger partial charge in [0, 0.05) is 0 Å². The second-order valence-corrected chi connectivity index (χ2v) is 6.46. The smallest absolute Gasteiger partial charge is 0.239 e. The van der Waals surface area contributed by atoms with Crippen molar-refractivity contribution >= 4 is 27.5 Å². The molecule has 3 aromatic rings. The molecule has 1 amide bonds. The number of primary amides is 1. The van der Waals surface area contributed by atoms with Crippen LogP contribution in [0.3, 0.4) is 0 Å². The summed E-state index contributed by atoms with van der Waals surface area (Å²) >= 11 is 1.59. The molecule has 118 valence electrons. The number of para-hydroxylation sites is 1. The van der Waals surface area contributed by atoms with Crippen molar-refractivity contribution in [3.63, 3.8) is 0 Å². The molecule has 4 nitrogen and oxygen atoms in total. The topological polar surface area (TPSA) is 59.2 Å². The van der Waals surface area contributed by atoms with E-state index in [-0.39, 0.29) is 5.82 Å². The van der Waals surface area contributed by atoms with Gasteiger partial charge in [0.05, 0.1) is 16.8 Å². The van der Waals surface area contributed by atoms with Gasteiger partial charge in [-0.15, -0.1) is 11.3 Å². The highest BCUT2D eigenvalue weighted by Gasteiger charge is 2.23. The van der Waals surface area contributed by atoms with Crippen molar-refractivity contribution in [3.8, 4) is 0 Å². The molecular formula is C17H16FN3OS. The number of rotatable bonds is 5. The van der Waals surface area contributed by atoms with Crippen molar-refractivity contribution in [2.24, 2.45) is 5.73 Å². The van der Waals surface area contributed by atoms with Crippen LogP contribution in [0.25, 0.3) is 10.2 Å². The minimum Gasteiger partial charge on any atom is -0.368 e. The first-order valence-electron chi connectivity index (χ1n) is 7.14. The molecule has 1 heterocycles. The highest BCUT2D eigenvalue weighted by molar-refractivity contribution is 7.18. The number of amides is 1. The molecule has 0 bridgehead atoms. The predicted molar refractivity (Wildman–Crippen MR) is 89.4 cm³/mol. The summed E-state index contributed by atoms with van der Waals surface area (Å²) in [5.41, 5.74) is 7.16. The van der Waals surface area contributed by atoms with Crippen LogP contribution in [0, 0.1) is 5.82 Å². The lowest BCUT2D eigenvalue weighted by Crippen LogP contribution is -2.34. The zero-order valence-electron chi connectivity index (χ0n) is 12.6. The van der Waals surface area contributed by atoms with E-state index in [2.05, 4.69) is 4.98 Å². The molecule has 0 saturated carbocycles. The Kier molecular flexibility index (Phi) is 4.36. The number of carbonyl (C=O) groups excluding carboxylic acids is 1. The quantitative estimate of drug-likeness (QED) is 0.782. The average Bonchev–Trinajstić information content (AvgIpc) is 2.91. The molecule has 0 aliphatic rings. The summed E-state index contributed by atoms with van der Waals surface area (Å²) in [5.74, 6) is -0.814. The Balaban J connectivity index is 1.84. The van der Waals surface area contributed by atoms with E-state index < -0.39 is 11.9 Å². The largest absolute Gasteiger partial charge is 0.368 e. The molecule has 0 saturated heterocycles. The summed E-state index contributed by atoms with van der Waals surface area (Å²) < 4.78 is 14.2. The number of benzene rings is 2. The molecule has 0 radical (unpaired) electrons. The molecular weight excluding hydrogens is 313 g/mol. The third-order valence-electron chi connectivity index (χ3n) is 3.62. The first-order chi connectivity index (χ1) is 11.0. The summed E-state index contributed by atoms with van der Waals surface area (Å²) in [6.45, 7) is 0.490. The van der Waals surface area contributed by atoms with Crippen LogP contribution in [0.15, 0.2) is 48.5 Å². The van der Waals surface area contributed by atoms with Crippen molar-refractivity contribution in [2.75, 3.05) is 7.05 Å². The molecule has 0 fully saturated rings. The van der Waals surface area contributed by atoms with Crippen molar-refractivity contribution in [2.45, 2.75) is 12.6 Å². The molecule has 0 aliphatic carbocycles. The standard InChI is InChI=1S/C17H16FN3OS/c1-21(10-15-20-13-4-2-3-5-14(13)23-15)16(17(19)22)11-6-8-12(18)9-7-11/h2-9,16H,10H2,1H3,(H2,19,22)/t16-/m0/s1. The maximum Gasteiger partial charge on any atom is 0.239 e. The summed E-state index contributed by atoms with van der Waals surface area (Å²) in [5, 5.41) is 0.905. The molecule has 0 unspecified atom stereocenters. The van der Waals surface area contributed by atoms with E-state index in [4.69, 9.17) is 5.73 Å². The molecule has 3 rings (SSSR count). The number of aromatic nitrogens is 1. The molecule has 6 heteroatoms. The lowest BCUT2D eigenvalue weighted by Gasteiger charge is -2.24. The van der Waals surface area contributed by atoms with Crippen molar-refractivity contribution in [1.82, 2.24) is 9.88 Å². The van der Waals surface area contributed by atoms with Crippen molar-refractivity contribution < 1.29 is 9.18 Å². The second kappa shape index (κ2) is 6.44. The first-order valence-corrected chi connectivity index (χ1v) is 7.96. The second-order valence-electron chi connectivity index (χ2n) is 5.35. The maximum atomic E-state index is 13.1. The SMILES string of the molecule is CN(Cc1nc2ccccc2s1)[C@H](C(N)=O)c1ccc(F)cc1. The predicted octanol–water partition coefficient (Wildman–Crippen LogP) is 3.09. The van der Waals surface area contributed by atoms with Crippen LogP contribution in [-0.4, -0.2) is 22.8 Å². The number of nitrogens with zero attached hydrogens (tertiary/aromatic N) is 2. The number of carbonyl (C=O) groups is 1. The lowest BCUT2D eigenvalue weighted by molar-refractivity contribution is -0.123. The van der Waals surface area contributed by atoms with Gasteiger partial charge in [0.15, 0.2) is 0 Å². The van der Waals surface area contributed by atoms with Gasteiger partial charge in [-0.25, -0.2) is 9.37 Å². The zero-order valence-corrected chi connectivity index (χ0v) is 13.4. The van der Waals surface area contributed by atoms with Crippen LogP contribution in [-0.2, 0) is 11.3 Å². The average molecular weight is 329 g/mol. The summed E-state index contributed by atoms with van der Waals surface area (Å²) in [4.78, 5) is 18.3. The van der Waals surface area contributed by atoms with Gasteiger partial charge >= 0.3 is 0 Å². The van der Waals surface area contributed by atoms with Gasteiger partial charge in [-0.05, 0) is 36.9 Å². The van der Waals surface area contributed by atoms with E-state index in [1.807, 2.05) is 36.2 Å². The van der Waals surface area contributed by atoms with Gasteiger partial charge in [0.1, 0.15) is 16.9 Å². The van der Waals surface area contributed by atoms with E-state index in [0.717, 1.165) is 15.2 Å². The summed E-state index contributed by atoms with van der Waals surface area (Å²) in [6, 6.07) is 13.1. The summed E-state index contributed by atoms with van der Waals surface area (Å²) in [6.07, 6.45) is 0. The van der Waals surface area contributed by atoms with Crippen LogP contribution in [0.4, 0.5) is 4.39 Å². The third kappa shape index (κ3) is 3.38. The number of hydrogen-bond donors (Lipinski definition) is 1. The van der Waals surface area contributed by atoms with E-state index in [0.29, 0.717) is 12.1 Å². The highest BCUT2D eigenvalue weighted by Crippen LogP contribution is 2.26. The minimum atomic E-state index is -0.623. The van der Waals surface area contributed by atoms with Gasteiger partial charge in [-0.3, -0.25) is 9.69 Å². The normalized spacial score (nSPS) is 12.7. The summed E-state index contributed by atoms with van der Waals surface area (Å²) in [7, 11) is 1.81. The fourth-order valence-electron chi connectivity index (χ4n) is 2.57. The van der Waals surface area contributed by atoms with Crippen LogP contribution >= 0.6 is 11.3 Å². The minimum absolute atomic E-state index is 0.342. The lowest BCUT2D eigenvalue weighted by atomic mass is 10.1. The third-order valence-corrected chi connectivity index (χ3v) is 4.64. The molecule has 0 aliphatic heterocycles. The number of fused-ring (bicyclic) bond motifs is 1. The van der Waals surface area contributed by atoms with E-state index in [9.17, 15) is 9.18 Å². The Bertz CT molecular complexity index is 798. The number of thiazole rings is 1. The van der Waals surface area contributed by atoms with Crippen LogP contribution in [0.5, 0.6) is 0 Å². The molecule has 1 aromatic heterocycles. The van der Waals surface area contributed by atoms with Gasteiger partial charge in [-0.1, -0.05) is 24.3 Å². The molecule has 0 spiro atoms. The Morgan fingerprint density at radius 3 is 2.61 bits per heavy atom. The Labute approximate surface area is 137 Å². The molecule has 2 N–H and O–H groups in total. The molecule has 2 aromatic carbocycles. The van der Waals surface area contributed by atoms with Crippen molar-refractivity contribution in [1.29, 1.82) is 0 Å². The van der Waals surface area contributed by atoms with Gasteiger partial charge in [0.2, 0.25) is 5.91 Å². The van der Waals surface area contributed by atoms with Crippen LogP contribution in [0.2, 0.25) is 0 Å². The van der Waals surface area contributed by atoms with E-state index in [1.54, 1.807) is 23.5 Å². The number of nitrogens with two attached hydrogens (primary N) is 1. The number of halogens is 1. The fraction of sp³-hybridized carbons (Fsp3) is 0.176. The van der Waals surface area contributed by atoms with Crippen LogP contribution in [0.1, 0.15) is 16.6 Å². The fourth-order valence-corrected chi connectivity index (χ4v) is 3.60. The maximum absolute atomic E-state index is 13.1. The van der Waals surface area contributed by atoms with E-state index in [1.165, 1.54) is 12.1 Å². The monoisotopic (exact) mass is 329 g/mol. The molecule has 23 heavy (non-hydrogen) atoms. The first kappa shape index (κ1) is 15.6. The highest BCUT2D eigenvalue weighted by atomic mass is 32.1. The Morgan fingerprint density at radius 1 is 1.26 bits per heavy atom. The zero-order chi connectivity index (χ0) is 16.4. The Hall–Kier alpha value is -2.31. The van der Waals surface area contributed by atoms with Gasteiger partial charge in [-0.2, -0.15) is 0 Å². The van der Waals surface area contributed by atoms with Crippen molar-refractivity contribution in [3.05, 3.63) is 64.9 Å². The number of likely N-dealkylation sites (N-methyl/N-ethyl adjacent to an activating group) is 1. The van der Waals surface area contributed by atoms with Crippen LogP contribution < -0.4 is 5.73 Å². The van der Waals surface area contributed by atoms with Gasteiger partial charge in [0.25, 0.3) is 0 Å².